The van der Waals surface area contributed by atoms with E-state index >= 15 is 0 Å². The summed E-state index contributed by atoms with van der Waals surface area (Å²) in [5.74, 6) is 0.726. The van der Waals surface area contributed by atoms with Gasteiger partial charge in [0.2, 0.25) is 0 Å². The Morgan fingerprint density at radius 2 is 2.15 bits per heavy atom. The molecule has 1 aliphatic heterocycles. The van der Waals surface area contributed by atoms with E-state index in [1.54, 1.807) is 6.07 Å². The van der Waals surface area contributed by atoms with E-state index in [1.807, 2.05) is 6.92 Å². The molecule has 1 atom stereocenters. The topological polar surface area (TPSA) is 87.5 Å². The summed E-state index contributed by atoms with van der Waals surface area (Å²) >= 11 is 0. The SMILES string of the molecule is CC[C@@H]1CCCN(C(C)(C)CNC(=O)Nc2cc([N+](=O)[O-])ccc2C)C1. The Kier molecular flexibility index (Phi) is 6.58. The van der Waals surface area contributed by atoms with Crippen molar-refractivity contribution in [1.29, 1.82) is 0 Å². The van der Waals surface area contributed by atoms with Crippen LogP contribution in [0.4, 0.5) is 16.2 Å². The summed E-state index contributed by atoms with van der Waals surface area (Å²) in [6.45, 7) is 11.0. The fraction of sp³-hybridized carbons (Fsp3) is 0.632. The summed E-state index contributed by atoms with van der Waals surface area (Å²) in [6.07, 6.45) is 3.66. The lowest BCUT2D eigenvalue weighted by atomic mass is 9.91. The maximum absolute atomic E-state index is 12.3. The van der Waals surface area contributed by atoms with Gasteiger partial charge >= 0.3 is 6.03 Å². The Labute approximate surface area is 155 Å². The number of hydrogen-bond donors (Lipinski definition) is 2. The number of likely N-dealkylation sites (tertiary alicyclic amines) is 1. The molecule has 0 radical (unpaired) electrons. The third-order valence-corrected chi connectivity index (χ3v) is 5.31. The number of non-ortho nitro benzene ring substituents is 1. The van der Waals surface area contributed by atoms with E-state index in [2.05, 4.69) is 36.3 Å². The zero-order valence-electron chi connectivity index (χ0n) is 16.2. The first-order valence-corrected chi connectivity index (χ1v) is 9.28. The lowest BCUT2D eigenvalue weighted by Crippen LogP contribution is -2.55. The number of carbonyl (C=O) groups excluding carboxylic acids is 1. The van der Waals surface area contributed by atoms with Crippen LogP contribution in [-0.2, 0) is 0 Å². The number of urea groups is 1. The molecular weight excluding hydrogens is 332 g/mol. The molecule has 144 valence electrons. The van der Waals surface area contributed by atoms with Crippen LogP contribution in [0.15, 0.2) is 18.2 Å². The molecule has 2 rings (SSSR count). The molecule has 0 saturated carbocycles. The van der Waals surface area contributed by atoms with Gasteiger partial charge in [0.05, 0.1) is 10.6 Å². The maximum Gasteiger partial charge on any atom is 0.319 e. The average Bonchev–Trinajstić information content (AvgIpc) is 2.62. The predicted molar refractivity (Wildman–Crippen MR) is 104 cm³/mol. The number of benzene rings is 1. The number of aryl methyl sites for hydroxylation is 1. The molecule has 0 unspecified atom stereocenters. The highest BCUT2D eigenvalue weighted by Crippen LogP contribution is 2.26. The molecule has 26 heavy (non-hydrogen) atoms. The molecule has 7 heteroatoms. The summed E-state index contributed by atoms with van der Waals surface area (Å²) in [4.78, 5) is 25.2. The number of rotatable bonds is 6. The quantitative estimate of drug-likeness (QED) is 0.593. The number of piperidine rings is 1. The van der Waals surface area contributed by atoms with Crippen molar-refractivity contribution in [2.24, 2.45) is 5.92 Å². The number of nitro groups is 1. The van der Waals surface area contributed by atoms with Gasteiger partial charge in [0.15, 0.2) is 0 Å². The summed E-state index contributed by atoms with van der Waals surface area (Å²) < 4.78 is 0. The molecule has 1 saturated heterocycles. The number of hydrogen-bond acceptors (Lipinski definition) is 4. The predicted octanol–water partition coefficient (Wildman–Crippen LogP) is 3.93. The molecule has 0 spiro atoms. The maximum atomic E-state index is 12.3. The minimum absolute atomic E-state index is 0.0369. The van der Waals surface area contributed by atoms with Crippen LogP contribution in [0.1, 0.15) is 45.6 Å². The Morgan fingerprint density at radius 3 is 2.81 bits per heavy atom. The first-order valence-electron chi connectivity index (χ1n) is 9.28. The van der Waals surface area contributed by atoms with Gasteiger partial charge in [-0.05, 0) is 51.6 Å². The van der Waals surface area contributed by atoms with E-state index in [1.165, 1.54) is 31.4 Å². The minimum atomic E-state index is -0.466. The van der Waals surface area contributed by atoms with Crippen LogP contribution >= 0.6 is 0 Å². The van der Waals surface area contributed by atoms with E-state index in [9.17, 15) is 14.9 Å². The largest absolute Gasteiger partial charge is 0.336 e. The molecule has 7 nitrogen and oxygen atoms in total. The van der Waals surface area contributed by atoms with Gasteiger partial charge in [0.25, 0.3) is 5.69 Å². The van der Waals surface area contributed by atoms with E-state index < -0.39 is 4.92 Å². The first kappa shape index (κ1) is 20.2. The van der Waals surface area contributed by atoms with Crippen LogP contribution in [0.25, 0.3) is 0 Å². The van der Waals surface area contributed by atoms with Crippen LogP contribution < -0.4 is 10.6 Å². The number of nitrogens with one attached hydrogen (secondary N) is 2. The van der Waals surface area contributed by atoms with Gasteiger partial charge in [-0.15, -0.1) is 0 Å². The van der Waals surface area contributed by atoms with Gasteiger partial charge in [-0.1, -0.05) is 19.4 Å². The van der Waals surface area contributed by atoms with Gasteiger partial charge in [-0.2, -0.15) is 0 Å². The van der Waals surface area contributed by atoms with Crippen molar-refractivity contribution in [3.8, 4) is 0 Å². The molecule has 0 aromatic heterocycles. The summed E-state index contributed by atoms with van der Waals surface area (Å²) in [6, 6.07) is 4.11. The Bertz CT molecular complexity index is 660. The van der Waals surface area contributed by atoms with Crippen LogP contribution in [0.2, 0.25) is 0 Å². The van der Waals surface area contributed by atoms with Crippen molar-refractivity contribution < 1.29 is 9.72 Å². The van der Waals surface area contributed by atoms with Crippen LogP contribution in [0, 0.1) is 23.0 Å². The number of nitrogens with zero attached hydrogens (tertiary/aromatic N) is 2. The Hall–Kier alpha value is -2.15. The second kappa shape index (κ2) is 8.49. The van der Waals surface area contributed by atoms with Crippen molar-refractivity contribution in [3.63, 3.8) is 0 Å². The number of anilines is 1. The molecule has 0 aliphatic carbocycles. The summed E-state index contributed by atoms with van der Waals surface area (Å²) in [5, 5.41) is 16.5. The second-order valence-electron chi connectivity index (χ2n) is 7.74. The molecule has 2 N–H and O–H groups in total. The highest BCUT2D eigenvalue weighted by atomic mass is 16.6. The lowest BCUT2D eigenvalue weighted by Gasteiger charge is -2.43. The fourth-order valence-corrected chi connectivity index (χ4v) is 3.38. The molecule has 1 heterocycles. The number of amides is 2. The van der Waals surface area contributed by atoms with Gasteiger partial charge in [0.1, 0.15) is 0 Å². The minimum Gasteiger partial charge on any atom is -0.336 e. The molecule has 1 aromatic carbocycles. The summed E-state index contributed by atoms with van der Waals surface area (Å²) in [7, 11) is 0. The van der Waals surface area contributed by atoms with Crippen molar-refractivity contribution in [2.45, 2.75) is 52.5 Å². The summed E-state index contributed by atoms with van der Waals surface area (Å²) in [5.41, 5.74) is 1.07. The molecule has 1 aromatic rings. The van der Waals surface area contributed by atoms with Crippen molar-refractivity contribution in [1.82, 2.24) is 10.2 Å². The molecule has 1 aliphatic rings. The van der Waals surface area contributed by atoms with Gasteiger partial charge < -0.3 is 10.6 Å². The van der Waals surface area contributed by atoms with E-state index in [0.717, 1.165) is 24.6 Å². The number of nitro benzene ring substituents is 1. The van der Waals surface area contributed by atoms with Crippen molar-refractivity contribution >= 4 is 17.4 Å². The number of carbonyl (C=O) groups is 1. The van der Waals surface area contributed by atoms with E-state index in [0.29, 0.717) is 12.2 Å². The van der Waals surface area contributed by atoms with E-state index in [4.69, 9.17) is 0 Å². The van der Waals surface area contributed by atoms with Gasteiger partial charge in [0, 0.05) is 30.8 Å². The van der Waals surface area contributed by atoms with Gasteiger partial charge in [-0.25, -0.2) is 4.79 Å². The smallest absolute Gasteiger partial charge is 0.319 e. The van der Waals surface area contributed by atoms with Crippen molar-refractivity contribution in [3.05, 3.63) is 33.9 Å². The molecular formula is C19H30N4O3. The zero-order chi connectivity index (χ0) is 19.3. The highest BCUT2D eigenvalue weighted by molar-refractivity contribution is 5.90. The average molecular weight is 362 g/mol. The third kappa shape index (κ3) is 5.17. The second-order valence-corrected chi connectivity index (χ2v) is 7.74. The molecule has 2 amide bonds. The lowest BCUT2D eigenvalue weighted by molar-refractivity contribution is -0.384. The van der Waals surface area contributed by atoms with Crippen LogP contribution in [0.3, 0.4) is 0 Å². The van der Waals surface area contributed by atoms with Gasteiger partial charge in [-0.3, -0.25) is 15.0 Å². The van der Waals surface area contributed by atoms with Crippen LogP contribution in [0.5, 0.6) is 0 Å². The van der Waals surface area contributed by atoms with E-state index in [-0.39, 0.29) is 17.3 Å². The standard InChI is InChI=1S/C19H30N4O3/c1-5-15-7-6-10-22(12-15)19(3,4)13-20-18(24)21-17-11-16(23(25)26)9-8-14(17)2/h8-9,11,15H,5-7,10,12-13H2,1-4H3,(H2,20,21,24)/t15-/m1/s1. The first-order chi connectivity index (χ1) is 12.2. The monoisotopic (exact) mass is 362 g/mol. The van der Waals surface area contributed by atoms with Crippen LogP contribution in [-0.4, -0.2) is 41.0 Å². The zero-order valence-corrected chi connectivity index (χ0v) is 16.2. The molecule has 0 bridgehead atoms. The normalized spacial score (nSPS) is 18.4. The van der Waals surface area contributed by atoms with Crippen molar-refractivity contribution in [2.75, 3.05) is 25.0 Å². The highest BCUT2D eigenvalue weighted by Gasteiger charge is 2.31. The fourth-order valence-electron chi connectivity index (χ4n) is 3.38. The Morgan fingerprint density at radius 1 is 1.42 bits per heavy atom. The third-order valence-electron chi connectivity index (χ3n) is 5.31. The molecule has 1 fully saturated rings. The Balaban J connectivity index is 1.93.